The predicted octanol–water partition coefficient (Wildman–Crippen LogP) is 3.96. The average Bonchev–Trinajstić information content (AvgIpc) is 3.70. The lowest BCUT2D eigenvalue weighted by Crippen LogP contribution is -2.46. The second-order valence-electron chi connectivity index (χ2n) is 8.70. The van der Waals surface area contributed by atoms with Crippen LogP contribution >= 0.6 is 11.3 Å². The van der Waals surface area contributed by atoms with E-state index in [-0.39, 0.29) is 24.5 Å². The molecule has 1 fully saturated rings. The van der Waals surface area contributed by atoms with E-state index in [1.165, 1.54) is 16.2 Å². The number of anilines is 1. The van der Waals surface area contributed by atoms with Gasteiger partial charge in [0.2, 0.25) is 11.8 Å². The van der Waals surface area contributed by atoms with Crippen LogP contribution in [0, 0.1) is 0 Å². The number of benzene rings is 2. The third-order valence-electron chi connectivity index (χ3n) is 6.25. The highest BCUT2D eigenvalue weighted by atomic mass is 32.1. The van der Waals surface area contributed by atoms with E-state index in [2.05, 4.69) is 15.6 Å². The van der Waals surface area contributed by atoms with E-state index in [4.69, 9.17) is 9.47 Å². The number of nitrogens with one attached hydrogen (secondary N) is 1. The van der Waals surface area contributed by atoms with Crippen molar-refractivity contribution in [2.75, 3.05) is 24.7 Å². The number of aromatic nitrogens is 3. The van der Waals surface area contributed by atoms with Crippen molar-refractivity contribution in [3.8, 4) is 5.75 Å². The Labute approximate surface area is 219 Å². The van der Waals surface area contributed by atoms with Gasteiger partial charge in [0.05, 0.1) is 23.9 Å². The summed E-state index contributed by atoms with van der Waals surface area (Å²) in [6, 6.07) is 17.6. The number of hydrogen-bond acceptors (Lipinski definition) is 7. The van der Waals surface area contributed by atoms with E-state index >= 15 is 0 Å². The zero-order valence-electron chi connectivity index (χ0n) is 20.6. The van der Waals surface area contributed by atoms with Crippen LogP contribution < -0.4 is 15.0 Å². The molecular weight excluding hydrogens is 490 g/mol. The first-order valence-electron chi connectivity index (χ1n) is 12.4. The van der Waals surface area contributed by atoms with Crippen LogP contribution in [-0.2, 0) is 20.9 Å². The molecular formula is C27H29N5O4S. The summed E-state index contributed by atoms with van der Waals surface area (Å²) in [5.74, 6) is -0.0650. The molecule has 1 N–H and O–H groups in total. The number of rotatable bonds is 10. The molecule has 192 valence electrons. The molecule has 0 bridgehead atoms. The lowest BCUT2D eigenvalue weighted by atomic mass is 10.1. The number of fused-ring (bicyclic) bond motifs is 1. The maximum atomic E-state index is 14.1. The van der Waals surface area contributed by atoms with Gasteiger partial charge >= 0.3 is 0 Å². The van der Waals surface area contributed by atoms with E-state index in [1.54, 1.807) is 16.8 Å². The minimum Gasteiger partial charge on any atom is -0.492 e. The number of para-hydroxylation sites is 3. The van der Waals surface area contributed by atoms with Crippen LogP contribution in [0.25, 0.3) is 11.0 Å². The molecule has 0 spiro atoms. The monoisotopic (exact) mass is 519 g/mol. The summed E-state index contributed by atoms with van der Waals surface area (Å²) in [5, 5.41) is 13.3. The van der Waals surface area contributed by atoms with E-state index in [0.29, 0.717) is 36.7 Å². The predicted molar refractivity (Wildman–Crippen MR) is 142 cm³/mol. The van der Waals surface area contributed by atoms with Crippen molar-refractivity contribution in [1.82, 2.24) is 20.3 Å². The van der Waals surface area contributed by atoms with Crippen molar-refractivity contribution in [1.29, 1.82) is 0 Å². The Hall–Kier alpha value is -3.76. The molecule has 0 radical (unpaired) electrons. The summed E-state index contributed by atoms with van der Waals surface area (Å²) in [6.07, 6.45) is 1.86. The number of thiophene rings is 1. The molecule has 2 aromatic carbocycles. The van der Waals surface area contributed by atoms with Gasteiger partial charge in [-0.1, -0.05) is 35.5 Å². The molecule has 1 aliphatic heterocycles. The van der Waals surface area contributed by atoms with Crippen LogP contribution in [-0.4, -0.2) is 52.7 Å². The summed E-state index contributed by atoms with van der Waals surface area (Å²) in [5.41, 5.74) is 1.95. The SMILES string of the molecule is CCOc1ccccc1N(C(=O)Cn1nnc2ccccc21)[C@@H](C(=O)NC[C@@H]1CCCO1)c1cccs1. The third-order valence-corrected chi connectivity index (χ3v) is 7.17. The van der Waals surface area contributed by atoms with Gasteiger partial charge in [0.25, 0.3) is 0 Å². The first kappa shape index (κ1) is 24.9. The van der Waals surface area contributed by atoms with Crippen LogP contribution in [0.4, 0.5) is 5.69 Å². The van der Waals surface area contributed by atoms with E-state index in [0.717, 1.165) is 23.2 Å². The van der Waals surface area contributed by atoms with Gasteiger partial charge in [0.15, 0.2) is 0 Å². The molecule has 3 heterocycles. The second-order valence-corrected chi connectivity index (χ2v) is 9.68. The van der Waals surface area contributed by atoms with E-state index in [1.807, 2.05) is 60.8 Å². The highest BCUT2D eigenvalue weighted by Gasteiger charge is 2.36. The fourth-order valence-corrected chi connectivity index (χ4v) is 5.34. The van der Waals surface area contributed by atoms with Crippen molar-refractivity contribution in [2.45, 2.75) is 38.5 Å². The first-order valence-corrected chi connectivity index (χ1v) is 13.3. The Morgan fingerprint density at radius 3 is 2.81 bits per heavy atom. The maximum absolute atomic E-state index is 14.1. The molecule has 1 saturated heterocycles. The molecule has 5 rings (SSSR count). The Balaban J connectivity index is 1.53. The van der Waals surface area contributed by atoms with Crippen molar-refractivity contribution < 1.29 is 19.1 Å². The Bertz CT molecular complexity index is 1350. The number of nitrogens with zero attached hydrogens (tertiary/aromatic N) is 4. The summed E-state index contributed by atoms with van der Waals surface area (Å²) in [7, 11) is 0. The minimum absolute atomic E-state index is 0.0192. The van der Waals surface area contributed by atoms with E-state index in [9.17, 15) is 9.59 Å². The second kappa shape index (κ2) is 11.5. The van der Waals surface area contributed by atoms with Crippen LogP contribution in [0.3, 0.4) is 0 Å². The lowest BCUT2D eigenvalue weighted by Gasteiger charge is -2.32. The summed E-state index contributed by atoms with van der Waals surface area (Å²) >= 11 is 1.43. The normalized spacial score (nSPS) is 16.0. The van der Waals surface area contributed by atoms with Gasteiger partial charge < -0.3 is 14.8 Å². The Morgan fingerprint density at radius 1 is 1.19 bits per heavy atom. The molecule has 2 atom stereocenters. The fourth-order valence-electron chi connectivity index (χ4n) is 4.53. The number of carbonyl (C=O) groups is 2. The van der Waals surface area contributed by atoms with Gasteiger partial charge in [-0.3, -0.25) is 14.5 Å². The molecule has 0 saturated carbocycles. The summed E-state index contributed by atoms with van der Waals surface area (Å²) < 4.78 is 13.1. The standard InChI is InChI=1S/C27H29N5O4S/c1-2-35-23-13-6-5-12-22(23)32(25(33)18-31-21-11-4-3-10-20(21)29-30-31)26(24-14-8-16-37-24)27(34)28-17-19-9-7-15-36-19/h3-6,8,10-14,16,19,26H,2,7,9,15,17-18H2,1H3,(H,28,34)/t19-,26+/m0/s1. The van der Waals surface area contributed by atoms with Gasteiger partial charge in [-0.2, -0.15) is 0 Å². The molecule has 4 aromatic rings. The zero-order valence-corrected chi connectivity index (χ0v) is 21.4. The molecule has 2 aromatic heterocycles. The average molecular weight is 520 g/mol. The van der Waals surface area contributed by atoms with Gasteiger partial charge in [0.1, 0.15) is 23.9 Å². The molecule has 10 heteroatoms. The van der Waals surface area contributed by atoms with Crippen LogP contribution in [0.15, 0.2) is 66.0 Å². The smallest absolute Gasteiger partial charge is 0.249 e. The molecule has 1 aliphatic rings. The van der Waals surface area contributed by atoms with Crippen LogP contribution in [0.1, 0.15) is 30.7 Å². The van der Waals surface area contributed by atoms with Crippen LogP contribution in [0.2, 0.25) is 0 Å². The first-order chi connectivity index (χ1) is 18.2. The lowest BCUT2D eigenvalue weighted by molar-refractivity contribution is -0.127. The van der Waals surface area contributed by atoms with Gasteiger partial charge in [-0.25, -0.2) is 4.68 Å². The topological polar surface area (TPSA) is 98.6 Å². The van der Waals surface area contributed by atoms with Crippen molar-refractivity contribution >= 4 is 39.9 Å². The van der Waals surface area contributed by atoms with Gasteiger partial charge in [-0.05, 0) is 55.5 Å². The maximum Gasteiger partial charge on any atom is 0.249 e. The number of ether oxygens (including phenoxy) is 2. The summed E-state index contributed by atoms with van der Waals surface area (Å²) in [6.45, 7) is 3.30. The fraction of sp³-hybridized carbons (Fsp3) is 0.333. The number of amides is 2. The van der Waals surface area contributed by atoms with Crippen molar-refractivity contribution in [3.63, 3.8) is 0 Å². The van der Waals surface area contributed by atoms with Crippen molar-refractivity contribution in [2.24, 2.45) is 0 Å². The quantitative estimate of drug-likeness (QED) is 0.341. The largest absolute Gasteiger partial charge is 0.492 e. The van der Waals surface area contributed by atoms with Crippen molar-refractivity contribution in [3.05, 3.63) is 70.9 Å². The number of carbonyl (C=O) groups excluding carboxylic acids is 2. The van der Waals surface area contributed by atoms with Crippen LogP contribution in [0.5, 0.6) is 5.75 Å². The molecule has 2 amide bonds. The number of hydrogen-bond donors (Lipinski definition) is 1. The zero-order chi connectivity index (χ0) is 25.6. The molecule has 9 nitrogen and oxygen atoms in total. The highest BCUT2D eigenvalue weighted by Crippen LogP contribution is 2.37. The molecule has 37 heavy (non-hydrogen) atoms. The minimum atomic E-state index is -0.898. The molecule has 0 unspecified atom stereocenters. The third kappa shape index (κ3) is 5.50. The summed E-state index contributed by atoms with van der Waals surface area (Å²) in [4.78, 5) is 30.1. The Morgan fingerprint density at radius 2 is 2.03 bits per heavy atom. The van der Waals surface area contributed by atoms with Gasteiger partial charge in [0, 0.05) is 18.0 Å². The van der Waals surface area contributed by atoms with Gasteiger partial charge in [-0.15, -0.1) is 16.4 Å². The highest BCUT2D eigenvalue weighted by molar-refractivity contribution is 7.10. The Kier molecular flexibility index (Phi) is 7.76. The van der Waals surface area contributed by atoms with E-state index < -0.39 is 6.04 Å². The molecule has 0 aliphatic carbocycles.